The molecule has 0 heterocycles. The summed E-state index contributed by atoms with van der Waals surface area (Å²) < 4.78 is 63.2. The predicted octanol–water partition coefficient (Wildman–Crippen LogP) is -7.08. The molecule has 0 aliphatic rings. The molecular formula is H6K2O8S2Zn. The van der Waals surface area contributed by atoms with E-state index in [2.05, 4.69) is 0 Å². The smallest absolute Gasteiger partial charge is 1.00 e. The van der Waals surface area contributed by atoms with Crippen molar-refractivity contribution in [1.82, 2.24) is 0 Å². The molecule has 0 bridgehead atoms. The first-order chi connectivity index (χ1) is 4.00. The molecule has 0 saturated carbocycles. The maximum Gasteiger partial charge on any atom is 1.00 e. The van der Waals surface area contributed by atoms with Gasteiger partial charge in [0.1, 0.15) is 0 Å². The average molecular weight is 342 g/mol. The average Bonchev–Trinajstić information content (AvgIpc) is 1.12. The van der Waals surface area contributed by atoms with Crippen molar-refractivity contribution in [3.8, 4) is 0 Å². The quantitative estimate of drug-likeness (QED) is 0.251. The molecule has 0 rings (SSSR count). The molecule has 8 nitrogen and oxygen atoms in total. The summed E-state index contributed by atoms with van der Waals surface area (Å²) in [6, 6.07) is 0. The minimum absolute atomic E-state index is 0. The molecule has 0 unspecified atom stereocenters. The molecule has 0 aromatic rings. The summed E-state index contributed by atoms with van der Waals surface area (Å²) >= 11 is 0. The van der Waals surface area contributed by atoms with E-state index in [1.165, 1.54) is 0 Å². The van der Waals surface area contributed by atoms with Crippen molar-refractivity contribution in [3.63, 3.8) is 0 Å². The van der Waals surface area contributed by atoms with Crippen LogP contribution in [0.25, 0.3) is 0 Å². The van der Waals surface area contributed by atoms with E-state index in [1.54, 1.807) is 0 Å². The van der Waals surface area contributed by atoms with E-state index in [0.717, 1.165) is 0 Å². The molecular weight excluding hydrogens is 336 g/mol. The van der Waals surface area contributed by atoms with Crippen LogP contribution in [-0.2, 0) is 40.3 Å². The van der Waals surface area contributed by atoms with E-state index in [-0.39, 0.29) is 125 Å². The Morgan fingerprint density at radius 2 is 0.692 bits per heavy atom. The van der Waals surface area contributed by atoms with E-state index < -0.39 is 20.8 Å². The fourth-order valence-electron chi connectivity index (χ4n) is 0. The molecule has 0 fully saturated rings. The Kier molecular flexibility index (Phi) is 31.7. The Labute approximate surface area is 176 Å². The Morgan fingerprint density at radius 1 is 0.692 bits per heavy atom. The number of hydrogen-bond donors (Lipinski definition) is 4. The van der Waals surface area contributed by atoms with Crippen LogP contribution >= 0.6 is 0 Å². The summed E-state index contributed by atoms with van der Waals surface area (Å²) in [6.45, 7) is 0. The standard InChI is InChI=1S/2K.2H2O4S.Zn.2H/c;;2*1-5(2,3)4;;;/h;;2*(H2,1,2,3,4);;;/q2*+1;;;;2*-1. The maximum absolute atomic E-state index is 8.74. The summed E-state index contributed by atoms with van der Waals surface area (Å²) in [6.07, 6.45) is 0. The van der Waals surface area contributed by atoms with E-state index in [1.807, 2.05) is 0 Å². The molecule has 0 aromatic carbocycles. The summed E-state index contributed by atoms with van der Waals surface area (Å²) in [5.41, 5.74) is 0. The Balaban J connectivity index is -0.0000000128. The normalized spacial score (nSPS) is 8.92. The van der Waals surface area contributed by atoms with Gasteiger partial charge in [-0.3, -0.25) is 18.2 Å². The molecule has 0 aliphatic carbocycles. The van der Waals surface area contributed by atoms with Gasteiger partial charge in [-0.05, 0) is 0 Å². The second-order valence-corrected chi connectivity index (χ2v) is 2.69. The first kappa shape index (κ1) is 30.0. The third kappa shape index (κ3) is 220. The van der Waals surface area contributed by atoms with Crippen LogP contribution in [0.5, 0.6) is 0 Å². The van der Waals surface area contributed by atoms with E-state index in [9.17, 15) is 0 Å². The zero-order chi connectivity index (χ0) is 9.00. The Morgan fingerprint density at radius 3 is 0.692 bits per heavy atom. The van der Waals surface area contributed by atoms with Crippen molar-refractivity contribution in [3.05, 3.63) is 0 Å². The van der Waals surface area contributed by atoms with Crippen LogP contribution in [0.4, 0.5) is 0 Å². The van der Waals surface area contributed by atoms with Gasteiger partial charge in [-0.2, -0.15) is 16.8 Å². The van der Waals surface area contributed by atoms with E-state index in [0.29, 0.717) is 0 Å². The van der Waals surface area contributed by atoms with Crippen LogP contribution in [0.15, 0.2) is 0 Å². The molecule has 0 radical (unpaired) electrons. The Bertz CT molecular complexity index is 225. The first-order valence-electron chi connectivity index (χ1n) is 1.40. The van der Waals surface area contributed by atoms with Crippen molar-refractivity contribution < 1.29 is 160 Å². The van der Waals surface area contributed by atoms with Crippen LogP contribution < -0.4 is 103 Å². The van der Waals surface area contributed by atoms with Gasteiger partial charge in [0.2, 0.25) is 0 Å². The zero-order valence-electron chi connectivity index (χ0n) is 8.95. The van der Waals surface area contributed by atoms with Gasteiger partial charge in [0.25, 0.3) is 0 Å². The largest absolute Gasteiger partial charge is 1.00 e. The van der Waals surface area contributed by atoms with Crippen LogP contribution in [0.2, 0.25) is 0 Å². The topological polar surface area (TPSA) is 149 Å². The summed E-state index contributed by atoms with van der Waals surface area (Å²) in [4.78, 5) is 0. The minimum atomic E-state index is -4.67. The SMILES string of the molecule is O=S(=O)(O)O.O=S(=O)(O)O.[H-].[H-].[K+].[K+].[Zn]. The number of rotatable bonds is 0. The van der Waals surface area contributed by atoms with Gasteiger partial charge < -0.3 is 2.85 Å². The van der Waals surface area contributed by atoms with Gasteiger partial charge in [0, 0.05) is 19.5 Å². The first-order valence-corrected chi connectivity index (χ1v) is 4.19. The van der Waals surface area contributed by atoms with Gasteiger partial charge in [0.05, 0.1) is 0 Å². The third-order valence-electron chi connectivity index (χ3n) is 0. The van der Waals surface area contributed by atoms with Gasteiger partial charge in [0.15, 0.2) is 0 Å². The summed E-state index contributed by atoms with van der Waals surface area (Å²) in [5.74, 6) is 0. The molecule has 4 N–H and O–H groups in total. The maximum atomic E-state index is 8.74. The predicted molar refractivity (Wildman–Crippen MR) is 30.6 cm³/mol. The van der Waals surface area contributed by atoms with Crippen molar-refractivity contribution in [2.75, 3.05) is 0 Å². The minimum Gasteiger partial charge on any atom is -1.00 e. The molecule has 0 atom stereocenters. The van der Waals surface area contributed by atoms with Crippen LogP contribution in [-0.4, -0.2) is 35.0 Å². The van der Waals surface area contributed by atoms with Gasteiger partial charge in [-0.25, -0.2) is 0 Å². The van der Waals surface area contributed by atoms with Crippen molar-refractivity contribution in [2.45, 2.75) is 0 Å². The molecule has 0 spiro atoms. The van der Waals surface area contributed by atoms with Gasteiger partial charge >= 0.3 is 124 Å². The molecule has 0 aromatic heterocycles. The molecule has 0 saturated heterocycles. The second kappa shape index (κ2) is 13.7. The van der Waals surface area contributed by atoms with Crippen molar-refractivity contribution >= 4 is 20.8 Å². The zero-order valence-corrected chi connectivity index (χ0v) is 17.8. The Hall–Kier alpha value is 3.64. The van der Waals surface area contributed by atoms with Crippen LogP contribution in [0.3, 0.4) is 0 Å². The summed E-state index contributed by atoms with van der Waals surface area (Å²) in [5, 5.41) is 0. The third-order valence-corrected chi connectivity index (χ3v) is 0. The summed E-state index contributed by atoms with van der Waals surface area (Å²) in [7, 11) is -9.33. The van der Waals surface area contributed by atoms with E-state index >= 15 is 0 Å². The second-order valence-electron chi connectivity index (χ2n) is 0.896. The molecule has 0 aliphatic heterocycles. The molecule has 70 valence electrons. The fraction of sp³-hybridized carbons (Fsp3) is 0. The van der Waals surface area contributed by atoms with Crippen molar-refractivity contribution in [1.29, 1.82) is 0 Å². The molecule has 13 heteroatoms. The van der Waals surface area contributed by atoms with Crippen LogP contribution in [0, 0.1) is 0 Å². The fourth-order valence-corrected chi connectivity index (χ4v) is 0. The van der Waals surface area contributed by atoms with E-state index in [4.69, 9.17) is 35.0 Å². The van der Waals surface area contributed by atoms with Gasteiger partial charge in [-0.15, -0.1) is 0 Å². The number of hydrogen-bond acceptors (Lipinski definition) is 4. The molecule has 13 heavy (non-hydrogen) atoms. The monoisotopic (exact) mass is 340 g/mol. The van der Waals surface area contributed by atoms with Crippen LogP contribution in [0.1, 0.15) is 2.85 Å². The molecule has 0 amide bonds. The van der Waals surface area contributed by atoms with Gasteiger partial charge in [-0.1, -0.05) is 0 Å². The van der Waals surface area contributed by atoms with Crippen molar-refractivity contribution in [2.24, 2.45) is 0 Å².